The zero-order chi connectivity index (χ0) is 12.6. The van der Waals surface area contributed by atoms with Crippen molar-refractivity contribution in [3.8, 4) is 0 Å². The second-order valence-corrected chi connectivity index (χ2v) is 4.56. The monoisotopic (exact) mass is 251 g/mol. The fourth-order valence-electron chi connectivity index (χ4n) is 1.59. The number of methoxy groups -OCH3 is 1. The van der Waals surface area contributed by atoms with Crippen LogP contribution in [-0.4, -0.2) is 18.0 Å². The van der Waals surface area contributed by atoms with Gasteiger partial charge >= 0.3 is 5.97 Å². The second kappa shape index (κ2) is 4.14. The lowest BCUT2D eigenvalue weighted by Gasteiger charge is -1.96. The Morgan fingerprint density at radius 1 is 1.47 bits per heavy atom. The molecule has 88 valence electrons. The van der Waals surface area contributed by atoms with Gasteiger partial charge in [-0.05, 0) is 18.6 Å². The minimum atomic E-state index is -0.472. The number of aryl methyl sites for hydroxylation is 1. The van der Waals surface area contributed by atoms with Crippen molar-refractivity contribution in [2.45, 2.75) is 6.92 Å². The SMILES string of the molecule is COC(=O)c1cc2c(C)ccc([N+](=O)[O-])c2s1. The molecule has 0 aliphatic heterocycles. The predicted molar refractivity (Wildman–Crippen MR) is 64.6 cm³/mol. The smallest absolute Gasteiger partial charge is 0.348 e. The lowest BCUT2D eigenvalue weighted by Crippen LogP contribution is -1.96. The molecule has 2 aromatic rings. The number of hydrogen-bond acceptors (Lipinski definition) is 5. The molecular formula is C11H9NO4S. The number of carbonyl (C=O) groups is 1. The van der Waals surface area contributed by atoms with Crippen LogP contribution in [0.3, 0.4) is 0 Å². The number of non-ortho nitro benzene ring substituents is 1. The number of esters is 1. The van der Waals surface area contributed by atoms with Crippen molar-refractivity contribution in [1.82, 2.24) is 0 Å². The van der Waals surface area contributed by atoms with E-state index in [4.69, 9.17) is 0 Å². The quantitative estimate of drug-likeness (QED) is 0.467. The Morgan fingerprint density at radius 2 is 2.18 bits per heavy atom. The van der Waals surface area contributed by atoms with E-state index in [2.05, 4.69) is 4.74 Å². The van der Waals surface area contributed by atoms with Crippen molar-refractivity contribution in [3.05, 3.63) is 38.8 Å². The fraction of sp³-hybridized carbons (Fsp3) is 0.182. The zero-order valence-corrected chi connectivity index (χ0v) is 10.0. The molecule has 0 aliphatic carbocycles. The maximum Gasteiger partial charge on any atom is 0.348 e. The van der Waals surface area contributed by atoms with Crippen LogP contribution in [0.25, 0.3) is 10.1 Å². The Kier molecular flexibility index (Phi) is 2.81. The zero-order valence-electron chi connectivity index (χ0n) is 9.22. The molecule has 0 fully saturated rings. The normalized spacial score (nSPS) is 10.5. The third kappa shape index (κ3) is 1.87. The Hall–Kier alpha value is -1.95. The van der Waals surface area contributed by atoms with E-state index in [1.54, 1.807) is 12.1 Å². The summed E-state index contributed by atoms with van der Waals surface area (Å²) in [5.74, 6) is -0.472. The Balaban J connectivity index is 2.74. The minimum absolute atomic E-state index is 0.0192. The molecule has 0 atom stereocenters. The van der Waals surface area contributed by atoms with E-state index in [1.807, 2.05) is 6.92 Å². The van der Waals surface area contributed by atoms with Crippen LogP contribution in [0.15, 0.2) is 18.2 Å². The summed E-state index contributed by atoms with van der Waals surface area (Å²) in [6.45, 7) is 1.85. The molecule has 2 rings (SSSR count). The Labute approximate surface area is 101 Å². The summed E-state index contributed by atoms with van der Waals surface area (Å²) in [7, 11) is 1.29. The molecule has 1 aromatic carbocycles. The van der Waals surface area contributed by atoms with Crippen LogP contribution in [0, 0.1) is 17.0 Å². The van der Waals surface area contributed by atoms with Crippen molar-refractivity contribution < 1.29 is 14.5 Å². The van der Waals surface area contributed by atoms with Crippen molar-refractivity contribution in [2.75, 3.05) is 7.11 Å². The number of ether oxygens (including phenoxy) is 1. The topological polar surface area (TPSA) is 69.4 Å². The molecule has 17 heavy (non-hydrogen) atoms. The standard InChI is InChI=1S/C11H9NO4S/c1-6-3-4-8(12(14)15)10-7(6)5-9(17-10)11(13)16-2/h3-5H,1-2H3. The van der Waals surface area contributed by atoms with E-state index >= 15 is 0 Å². The van der Waals surface area contributed by atoms with Crippen molar-refractivity contribution >= 4 is 33.1 Å². The van der Waals surface area contributed by atoms with Gasteiger partial charge in [0.25, 0.3) is 5.69 Å². The Bertz CT molecular complexity index is 617. The van der Waals surface area contributed by atoms with Gasteiger partial charge in [-0.1, -0.05) is 6.07 Å². The van der Waals surface area contributed by atoms with Crippen LogP contribution in [0.1, 0.15) is 15.2 Å². The number of hydrogen-bond donors (Lipinski definition) is 0. The van der Waals surface area contributed by atoms with Gasteiger partial charge in [0.15, 0.2) is 0 Å². The highest BCUT2D eigenvalue weighted by Crippen LogP contribution is 2.35. The molecule has 6 heteroatoms. The van der Waals surface area contributed by atoms with Gasteiger partial charge in [0.2, 0.25) is 0 Å². The number of nitro groups is 1. The number of carbonyl (C=O) groups excluding carboxylic acids is 1. The number of nitro benzene ring substituents is 1. The lowest BCUT2D eigenvalue weighted by molar-refractivity contribution is -0.382. The van der Waals surface area contributed by atoms with Gasteiger partial charge in [-0.2, -0.15) is 0 Å². The number of thiophene rings is 1. The summed E-state index contributed by atoms with van der Waals surface area (Å²) in [4.78, 5) is 22.2. The van der Waals surface area contributed by atoms with Gasteiger partial charge in [-0.3, -0.25) is 10.1 Å². The third-order valence-corrected chi connectivity index (χ3v) is 3.60. The minimum Gasteiger partial charge on any atom is -0.465 e. The lowest BCUT2D eigenvalue weighted by atomic mass is 10.1. The Morgan fingerprint density at radius 3 is 2.76 bits per heavy atom. The van der Waals surface area contributed by atoms with Crippen LogP contribution >= 0.6 is 11.3 Å². The fourth-order valence-corrected chi connectivity index (χ4v) is 2.73. The summed E-state index contributed by atoms with van der Waals surface area (Å²) < 4.78 is 5.12. The van der Waals surface area contributed by atoms with Crippen molar-refractivity contribution in [1.29, 1.82) is 0 Å². The van der Waals surface area contributed by atoms with E-state index in [1.165, 1.54) is 13.2 Å². The van der Waals surface area contributed by atoms with Crippen LogP contribution in [0.5, 0.6) is 0 Å². The van der Waals surface area contributed by atoms with E-state index in [0.717, 1.165) is 22.3 Å². The molecule has 0 radical (unpaired) electrons. The molecule has 0 saturated heterocycles. The van der Waals surface area contributed by atoms with Crippen molar-refractivity contribution in [2.24, 2.45) is 0 Å². The van der Waals surface area contributed by atoms with Gasteiger partial charge in [-0.15, -0.1) is 11.3 Å². The second-order valence-electron chi connectivity index (χ2n) is 3.50. The van der Waals surface area contributed by atoms with Gasteiger partial charge in [0.05, 0.1) is 12.0 Å². The molecule has 0 spiro atoms. The van der Waals surface area contributed by atoms with E-state index in [0.29, 0.717) is 9.58 Å². The van der Waals surface area contributed by atoms with Gasteiger partial charge in [0.1, 0.15) is 9.58 Å². The van der Waals surface area contributed by atoms with Crippen LogP contribution < -0.4 is 0 Å². The van der Waals surface area contributed by atoms with Gasteiger partial charge in [-0.25, -0.2) is 4.79 Å². The van der Waals surface area contributed by atoms with Crippen LogP contribution in [0.4, 0.5) is 5.69 Å². The maximum atomic E-state index is 11.4. The number of benzene rings is 1. The molecule has 0 saturated carbocycles. The van der Waals surface area contributed by atoms with Gasteiger partial charge < -0.3 is 4.74 Å². The van der Waals surface area contributed by atoms with E-state index in [9.17, 15) is 14.9 Å². The highest BCUT2D eigenvalue weighted by molar-refractivity contribution is 7.21. The summed E-state index contributed by atoms with van der Waals surface area (Å²) in [5, 5.41) is 11.6. The van der Waals surface area contributed by atoms with Gasteiger partial charge in [0, 0.05) is 11.5 Å². The number of rotatable bonds is 2. The molecule has 0 amide bonds. The molecule has 0 aliphatic rings. The maximum absolute atomic E-state index is 11.4. The molecule has 0 N–H and O–H groups in total. The number of fused-ring (bicyclic) bond motifs is 1. The number of nitrogens with zero attached hydrogens (tertiary/aromatic N) is 1. The first-order valence-electron chi connectivity index (χ1n) is 4.80. The summed E-state index contributed by atoms with van der Waals surface area (Å²) in [5.41, 5.74) is 0.919. The van der Waals surface area contributed by atoms with Crippen LogP contribution in [0.2, 0.25) is 0 Å². The predicted octanol–water partition coefficient (Wildman–Crippen LogP) is 2.90. The van der Waals surface area contributed by atoms with Crippen LogP contribution in [-0.2, 0) is 4.74 Å². The molecule has 0 bridgehead atoms. The molecule has 1 aromatic heterocycles. The first kappa shape index (κ1) is 11.5. The average Bonchev–Trinajstić information content (AvgIpc) is 2.73. The molecular weight excluding hydrogens is 242 g/mol. The first-order chi connectivity index (χ1) is 8.04. The first-order valence-corrected chi connectivity index (χ1v) is 5.62. The largest absolute Gasteiger partial charge is 0.465 e. The summed E-state index contributed by atoms with van der Waals surface area (Å²) >= 11 is 1.08. The van der Waals surface area contributed by atoms with Crippen molar-refractivity contribution in [3.63, 3.8) is 0 Å². The molecule has 0 unspecified atom stereocenters. The van der Waals surface area contributed by atoms with E-state index < -0.39 is 10.9 Å². The molecule has 1 heterocycles. The van der Waals surface area contributed by atoms with E-state index in [-0.39, 0.29) is 5.69 Å². The third-order valence-electron chi connectivity index (χ3n) is 2.46. The summed E-state index contributed by atoms with van der Waals surface area (Å²) in [6.07, 6.45) is 0. The summed E-state index contributed by atoms with van der Waals surface area (Å²) in [6, 6.07) is 4.76. The average molecular weight is 251 g/mol. The highest BCUT2D eigenvalue weighted by atomic mass is 32.1. The molecule has 5 nitrogen and oxygen atoms in total. The highest BCUT2D eigenvalue weighted by Gasteiger charge is 2.19.